The molecule has 0 bridgehead atoms. The summed E-state index contributed by atoms with van der Waals surface area (Å²) < 4.78 is 11.5. The third kappa shape index (κ3) is 5.91. The lowest BCUT2D eigenvalue weighted by Gasteiger charge is -2.26. The standard InChI is InChI=1S/C19H20INO6/c1-26-16(9-10-22)17(14-11-13(20)7-8-15(14)23)27-19(25)21-18(24)12-5-3-2-4-6-12/h2-8,11,16-17,22-23H,9-10H2,1H3,(H,21,24,25)/t16-,17-/m1/s1. The van der Waals surface area contributed by atoms with E-state index in [2.05, 4.69) is 27.9 Å². The number of hydrogen-bond donors (Lipinski definition) is 3. The number of aliphatic hydroxyl groups is 1. The molecule has 7 nitrogen and oxygen atoms in total. The number of aliphatic hydroxyl groups excluding tert-OH is 1. The molecule has 0 unspecified atom stereocenters. The van der Waals surface area contributed by atoms with Gasteiger partial charge in [0.05, 0.1) is 0 Å². The number of benzene rings is 2. The van der Waals surface area contributed by atoms with Crippen LogP contribution >= 0.6 is 22.6 Å². The van der Waals surface area contributed by atoms with Crippen LogP contribution < -0.4 is 5.32 Å². The van der Waals surface area contributed by atoms with Gasteiger partial charge in [0.25, 0.3) is 5.91 Å². The van der Waals surface area contributed by atoms with E-state index in [1.807, 2.05) is 0 Å². The van der Waals surface area contributed by atoms with Crippen molar-refractivity contribution < 1.29 is 29.3 Å². The highest BCUT2D eigenvalue weighted by Gasteiger charge is 2.30. The number of rotatable bonds is 7. The van der Waals surface area contributed by atoms with Gasteiger partial charge >= 0.3 is 6.09 Å². The molecule has 8 heteroatoms. The monoisotopic (exact) mass is 485 g/mol. The Labute approximate surface area is 170 Å². The van der Waals surface area contributed by atoms with Crippen LogP contribution in [0.4, 0.5) is 4.79 Å². The molecule has 2 atom stereocenters. The summed E-state index contributed by atoms with van der Waals surface area (Å²) >= 11 is 2.06. The van der Waals surface area contributed by atoms with Crippen LogP contribution in [0.3, 0.4) is 0 Å². The van der Waals surface area contributed by atoms with Crippen molar-refractivity contribution in [2.45, 2.75) is 18.6 Å². The van der Waals surface area contributed by atoms with Crippen LogP contribution in [0.2, 0.25) is 0 Å². The van der Waals surface area contributed by atoms with Crippen LogP contribution in [0, 0.1) is 3.57 Å². The van der Waals surface area contributed by atoms with Crippen LogP contribution in [0.15, 0.2) is 48.5 Å². The first-order valence-corrected chi connectivity index (χ1v) is 9.23. The SMILES string of the molecule is CO[C@H](CCO)[C@H](OC(=O)NC(=O)c1ccccc1)c1cc(I)ccc1O. The Balaban J connectivity index is 2.22. The van der Waals surface area contributed by atoms with Gasteiger partial charge in [-0.05, 0) is 52.9 Å². The number of nitrogens with one attached hydrogen (secondary N) is 1. The molecule has 144 valence electrons. The molecule has 0 aliphatic carbocycles. The number of carbonyl (C=O) groups excluding carboxylic acids is 2. The molecule has 2 aromatic rings. The van der Waals surface area contributed by atoms with Crippen molar-refractivity contribution in [3.63, 3.8) is 0 Å². The number of carbonyl (C=O) groups is 2. The second kappa shape index (κ2) is 10.2. The second-order valence-corrected chi connectivity index (χ2v) is 6.88. The van der Waals surface area contributed by atoms with Gasteiger partial charge in [0.15, 0.2) is 6.10 Å². The highest BCUT2D eigenvalue weighted by Crippen LogP contribution is 2.33. The van der Waals surface area contributed by atoms with Crippen LogP contribution in [-0.2, 0) is 9.47 Å². The molecule has 2 rings (SSSR count). The van der Waals surface area contributed by atoms with Gasteiger partial charge < -0.3 is 19.7 Å². The molecular formula is C19H20INO6. The molecule has 0 aliphatic rings. The fourth-order valence-electron chi connectivity index (χ4n) is 2.51. The summed E-state index contributed by atoms with van der Waals surface area (Å²) in [6, 6.07) is 13.1. The maximum absolute atomic E-state index is 12.3. The number of methoxy groups -OCH3 is 1. The van der Waals surface area contributed by atoms with E-state index < -0.39 is 24.2 Å². The lowest BCUT2D eigenvalue weighted by molar-refractivity contribution is -0.0345. The number of amides is 2. The Morgan fingerprint density at radius 3 is 2.52 bits per heavy atom. The quantitative estimate of drug-likeness (QED) is 0.521. The molecule has 0 aromatic heterocycles. The van der Waals surface area contributed by atoms with E-state index in [1.54, 1.807) is 42.5 Å². The van der Waals surface area contributed by atoms with Gasteiger partial charge in [0.1, 0.15) is 11.9 Å². The average Bonchev–Trinajstić information content (AvgIpc) is 2.67. The molecule has 0 radical (unpaired) electrons. The molecule has 2 aromatic carbocycles. The lowest BCUT2D eigenvalue weighted by atomic mass is 10.0. The first kappa shape index (κ1) is 21.1. The highest BCUT2D eigenvalue weighted by atomic mass is 127. The van der Waals surface area contributed by atoms with Gasteiger partial charge in [-0.1, -0.05) is 18.2 Å². The summed E-state index contributed by atoms with van der Waals surface area (Å²) in [5.74, 6) is -0.690. The van der Waals surface area contributed by atoms with Gasteiger partial charge in [-0.15, -0.1) is 0 Å². The minimum Gasteiger partial charge on any atom is -0.508 e. The van der Waals surface area contributed by atoms with E-state index in [4.69, 9.17) is 9.47 Å². The second-order valence-electron chi connectivity index (χ2n) is 5.64. The predicted molar refractivity (Wildman–Crippen MR) is 106 cm³/mol. The summed E-state index contributed by atoms with van der Waals surface area (Å²) in [6.45, 7) is -0.201. The van der Waals surface area contributed by atoms with Crippen molar-refractivity contribution in [3.8, 4) is 5.75 Å². The Hall–Kier alpha value is -2.17. The van der Waals surface area contributed by atoms with E-state index in [1.165, 1.54) is 13.2 Å². The maximum Gasteiger partial charge on any atom is 0.414 e. The van der Waals surface area contributed by atoms with Crippen LogP contribution in [-0.4, -0.2) is 42.0 Å². The maximum atomic E-state index is 12.3. The van der Waals surface area contributed by atoms with E-state index >= 15 is 0 Å². The van der Waals surface area contributed by atoms with Crippen molar-refractivity contribution in [2.24, 2.45) is 0 Å². The Bertz CT molecular complexity index is 783. The first-order chi connectivity index (χ1) is 13.0. The van der Waals surface area contributed by atoms with Crippen molar-refractivity contribution in [1.82, 2.24) is 5.32 Å². The molecule has 27 heavy (non-hydrogen) atoms. The molecule has 0 spiro atoms. The van der Waals surface area contributed by atoms with Crippen molar-refractivity contribution >= 4 is 34.6 Å². The molecule has 2 amide bonds. The molecule has 0 heterocycles. The Kier molecular flexibility index (Phi) is 8.01. The molecule has 0 fully saturated rings. The smallest absolute Gasteiger partial charge is 0.414 e. The van der Waals surface area contributed by atoms with Crippen LogP contribution in [0.25, 0.3) is 0 Å². The van der Waals surface area contributed by atoms with E-state index in [0.29, 0.717) is 11.1 Å². The molecule has 3 N–H and O–H groups in total. The number of aromatic hydroxyl groups is 1. The van der Waals surface area contributed by atoms with Gasteiger partial charge in [-0.2, -0.15) is 0 Å². The van der Waals surface area contributed by atoms with Crippen molar-refractivity contribution in [1.29, 1.82) is 0 Å². The molecule has 0 aliphatic heterocycles. The minimum atomic E-state index is -1.01. The third-order valence-electron chi connectivity index (χ3n) is 3.84. The highest BCUT2D eigenvalue weighted by molar-refractivity contribution is 14.1. The molecule has 0 saturated carbocycles. The number of ether oxygens (including phenoxy) is 2. The fourth-order valence-corrected chi connectivity index (χ4v) is 3.03. The Morgan fingerprint density at radius 2 is 1.89 bits per heavy atom. The number of hydrogen-bond acceptors (Lipinski definition) is 6. The minimum absolute atomic E-state index is 0.0809. The number of alkyl carbamates (subject to hydrolysis) is 1. The zero-order chi connectivity index (χ0) is 19.8. The number of imide groups is 1. The molecule has 0 saturated heterocycles. The number of halogens is 1. The lowest BCUT2D eigenvalue weighted by Crippen LogP contribution is -2.35. The summed E-state index contributed by atoms with van der Waals surface area (Å²) in [7, 11) is 1.41. The van der Waals surface area contributed by atoms with Gasteiger partial charge in [-0.3, -0.25) is 10.1 Å². The zero-order valence-electron chi connectivity index (χ0n) is 14.6. The van der Waals surface area contributed by atoms with Gasteiger partial charge in [-0.25, -0.2) is 4.79 Å². The van der Waals surface area contributed by atoms with Crippen LogP contribution in [0.5, 0.6) is 5.75 Å². The van der Waals surface area contributed by atoms with Crippen molar-refractivity contribution in [2.75, 3.05) is 13.7 Å². The van der Waals surface area contributed by atoms with Gasteiger partial charge in [0.2, 0.25) is 0 Å². The summed E-state index contributed by atoms with van der Waals surface area (Å²) in [5, 5.41) is 21.6. The van der Waals surface area contributed by atoms with E-state index in [9.17, 15) is 19.8 Å². The molecular weight excluding hydrogens is 465 g/mol. The fraction of sp³-hybridized carbons (Fsp3) is 0.263. The predicted octanol–water partition coefficient (Wildman–Crippen LogP) is 3.00. The van der Waals surface area contributed by atoms with E-state index in [0.717, 1.165) is 3.57 Å². The first-order valence-electron chi connectivity index (χ1n) is 8.15. The van der Waals surface area contributed by atoms with Crippen LogP contribution in [0.1, 0.15) is 28.4 Å². The Morgan fingerprint density at radius 1 is 1.19 bits per heavy atom. The third-order valence-corrected chi connectivity index (χ3v) is 4.51. The summed E-state index contributed by atoms with van der Waals surface area (Å²) in [4.78, 5) is 24.4. The average molecular weight is 485 g/mol. The topological polar surface area (TPSA) is 105 Å². The zero-order valence-corrected chi connectivity index (χ0v) is 16.8. The largest absolute Gasteiger partial charge is 0.508 e. The van der Waals surface area contributed by atoms with Crippen molar-refractivity contribution in [3.05, 3.63) is 63.2 Å². The van der Waals surface area contributed by atoms with Gasteiger partial charge in [0, 0.05) is 34.8 Å². The normalized spacial score (nSPS) is 12.9. The summed E-state index contributed by atoms with van der Waals surface area (Å²) in [5.41, 5.74) is 0.631. The number of phenols is 1. The van der Waals surface area contributed by atoms with E-state index in [-0.39, 0.29) is 18.8 Å². The number of phenolic OH excluding ortho intramolecular Hbond substituents is 1. The summed E-state index contributed by atoms with van der Waals surface area (Å²) in [6.07, 6.45) is -2.53.